The Balaban J connectivity index is 2.90. The molecular formula is C7H10O2S. The van der Waals surface area contributed by atoms with E-state index in [-0.39, 0.29) is 0 Å². The molecule has 10 heavy (non-hydrogen) atoms. The van der Waals surface area contributed by atoms with Crippen LogP contribution in [0, 0.1) is 0 Å². The van der Waals surface area contributed by atoms with E-state index in [9.17, 15) is 0 Å². The van der Waals surface area contributed by atoms with Gasteiger partial charge in [-0.1, -0.05) is 0 Å². The van der Waals surface area contributed by atoms with Crippen molar-refractivity contribution in [2.45, 2.75) is 13.0 Å². The highest BCUT2D eigenvalue weighted by Gasteiger charge is 2.08. The number of aliphatic hydroxyl groups excluding tert-OH is 1. The van der Waals surface area contributed by atoms with Crippen LogP contribution < -0.4 is 4.74 Å². The van der Waals surface area contributed by atoms with E-state index in [1.807, 2.05) is 11.4 Å². The first-order valence-electron chi connectivity index (χ1n) is 3.05. The van der Waals surface area contributed by atoms with Crippen molar-refractivity contribution >= 4 is 11.3 Å². The molecule has 0 radical (unpaired) electrons. The van der Waals surface area contributed by atoms with E-state index in [1.54, 1.807) is 14.0 Å². The Morgan fingerprint density at radius 2 is 2.40 bits per heavy atom. The Kier molecular flexibility index (Phi) is 2.29. The maximum absolute atomic E-state index is 9.15. The first kappa shape index (κ1) is 7.57. The van der Waals surface area contributed by atoms with Crippen LogP contribution in [0.25, 0.3) is 0 Å². The van der Waals surface area contributed by atoms with Crippen molar-refractivity contribution < 1.29 is 9.84 Å². The quantitative estimate of drug-likeness (QED) is 0.711. The molecule has 0 aliphatic heterocycles. The fourth-order valence-electron chi connectivity index (χ4n) is 0.782. The molecule has 0 spiro atoms. The lowest BCUT2D eigenvalue weighted by Crippen LogP contribution is -1.90. The van der Waals surface area contributed by atoms with Crippen LogP contribution in [0.4, 0.5) is 0 Å². The molecular weight excluding hydrogens is 148 g/mol. The van der Waals surface area contributed by atoms with Gasteiger partial charge in [0.15, 0.2) is 0 Å². The third-order valence-electron chi connectivity index (χ3n) is 1.26. The molecule has 56 valence electrons. The number of thiophene rings is 1. The van der Waals surface area contributed by atoms with E-state index in [0.29, 0.717) is 0 Å². The SMILES string of the molecule is COc1ccsc1[C@@H](C)O. The zero-order valence-electron chi connectivity index (χ0n) is 6.00. The molecule has 1 heterocycles. The summed E-state index contributed by atoms with van der Waals surface area (Å²) in [6.45, 7) is 1.73. The molecule has 0 unspecified atom stereocenters. The molecule has 3 heteroatoms. The van der Waals surface area contributed by atoms with Crippen molar-refractivity contribution in [2.75, 3.05) is 7.11 Å². The highest BCUT2D eigenvalue weighted by Crippen LogP contribution is 2.29. The van der Waals surface area contributed by atoms with Crippen LogP contribution in [0.1, 0.15) is 17.9 Å². The molecule has 0 aliphatic carbocycles. The standard InChI is InChI=1S/C7H10O2S/c1-5(8)7-6(9-2)3-4-10-7/h3-5,8H,1-2H3/t5-/m1/s1. The number of methoxy groups -OCH3 is 1. The second-order valence-corrected chi connectivity index (χ2v) is 2.98. The number of rotatable bonds is 2. The summed E-state index contributed by atoms with van der Waals surface area (Å²) in [5.74, 6) is 0.778. The van der Waals surface area contributed by atoms with Gasteiger partial charge in [-0.15, -0.1) is 11.3 Å². The maximum atomic E-state index is 9.15. The second kappa shape index (κ2) is 3.03. The van der Waals surface area contributed by atoms with Crippen molar-refractivity contribution in [1.29, 1.82) is 0 Å². The Hall–Kier alpha value is -0.540. The molecule has 1 rings (SSSR count). The van der Waals surface area contributed by atoms with Gasteiger partial charge in [-0.05, 0) is 18.4 Å². The number of hydrogen-bond acceptors (Lipinski definition) is 3. The molecule has 0 fully saturated rings. The predicted octanol–water partition coefficient (Wildman–Crippen LogP) is 1.81. The fraction of sp³-hybridized carbons (Fsp3) is 0.429. The lowest BCUT2D eigenvalue weighted by molar-refractivity contribution is 0.198. The summed E-state index contributed by atoms with van der Waals surface area (Å²) in [6.07, 6.45) is -0.421. The van der Waals surface area contributed by atoms with E-state index in [1.165, 1.54) is 11.3 Å². The minimum absolute atomic E-state index is 0.421. The van der Waals surface area contributed by atoms with Gasteiger partial charge in [-0.25, -0.2) is 0 Å². The molecule has 0 saturated heterocycles. The number of hydrogen-bond donors (Lipinski definition) is 1. The summed E-state index contributed by atoms with van der Waals surface area (Å²) in [6, 6.07) is 1.85. The van der Waals surface area contributed by atoms with Gasteiger partial charge in [0.1, 0.15) is 5.75 Å². The van der Waals surface area contributed by atoms with Crippen molar-refractivity contribution in [2.24, 2.45) is 0 Å². The topological polar surface area (TPSA) is 29.5 Å². The molecule has 0 saturated carbocycles. The van der Waals surface area contributed by atoms with E-state index < -0.39 is 6.10 Å². The summed E-state index contributed by atoms with van der Waals surface area (Å²) in [5.41, 5.74) is 0. The van der Waals surface area contributed by atoms with Crippen LogP contribution in [0.3, 0.4) is 0 Å². The first-order chi connectivity index (χ1) is 4.75. The van der Waals surface area contributed by atoms with Gasteiger partial charge in [0, 0.05) is 0 Å². The Morgan fingerprint density at radius 3 is 2.80 bits per heavy atom. The molecule has 2 nitrogen and oxygen atoms in total. The fourth-order valence-corrected chi connectivity index (χ4v) is 1.59. The van der Waals surface area contributed by atoms with Gasteiger partial charge in [0.25, 0.3) is 0 Å². The first-order valence-corrected chi connectivity index (χ1v) is 3.93. The summed E-state index contributed by atoms with van der Waals surface area (Å²) in [7, 11) is 1.61. The van der Waals surface area contributed by atoms with Gasteiger partial charge in [-0.2, -0.15) is 0 Å². The van der Waals surface area contributed by atoms with E-state index in [0.717, 1.165) is 10.6 Å². The van der Waals surface area contributed by atoms with Crippen molar-refractivity contribution in [3.8, 4) is 5.75 Å². The average Bonchev–Trinajstić information content (AvgIpc) is 2.33. The summed E-state index contributed by atoms with van der Waals surface area (Å²) in [5, 5.41) is 11.1. The largest absolute Gasteiger partial charge is 0.495 e. The average molecular weight is 158 g/mol. The number of ether oxygens (including phenoxy) is 1. The molecule has 1 atom stereocenters. The second-order valence-electron chi connectivity index (χ2n) is 2.03. The molecule has 1 aromatic rings. The van der Waals surface area contributed by atoms with E-state index in [2.05, 4.69) is 0 Å². The third kappa shape index (κ3) is 1.30. The maximum Gasteiger partial charge on any atom is 0.135 e. The zero-order valence-corrected chi connectivity index (χ0v) is 6.81. The monoisotopic (exact) mass is 158 g/mol. The summed E-state index contributed by atoms with van der Waals surface area (Å²) < 4.78 is 5.00. The molecule has 0 aliphatic rings. The molecule has 1 N–H and O–H groups in total. The summed E-state index contributed by atoms with van der Waals surface area (Å²) in [4.78, 5) is 0.891. The molecule has 1 aromatic heterocycles. The Bertz CT molecular complexity index is 205. The van der Waals surface area contributed by atoms with Crippen LogP contribution in [0.15, 0.2) is 11.4 Å². The van der Waals surface area contributed by atoms with Crippen LogP contribution in [-0.2, 0) is 0 Å². The van der Waals surface area contributed by atoms with E-state index >= 15 is 0 Å². The highest BCUT2D eigenvalue weighted by molar-refractivity contribution is 7.10. The van der Waals surface area contributed by atoms with Crippen molar-refractivity contribution in [3.63, 3.8) is 0 Å². The van der Waals surface area contributed by atoms with Gasteiger partial charge in [0.05, 0.1) is 18.1 Å². The molecule has 0 amide bonds. The van der Waals surface area contributed by atoms with Gasteiger partial charge in [0.2, 0.25) is 0 Å². The van der Waals surface area contributed by atoms with Crippen LogP contribution in [-0.4, -0.2) is 12.2 Å². The normalized spacial score (nSPS) is 13.1. The predicted molar refractivity (Wildman–Crippen MR) is 41.5 cm³/mol. The minimum atomic E-state index is -0.421. The lowest BCUT2D eigenvalue weighted by Gasteiger charge is -2.03. The van der Waals surface area contributed by atoms with Crippen molar-refractivity contribution in [3.05, 3.63) is 16.3 Å². The van der Waals surface area contributed by atoms with E-state index in [4.69, 9.17) is 9.84 Å². The van der Waals surface area contributed by atoms with Gasteiger partial charge >= 0.3 is 0 Å². The smallest absolute Gasteiger partial charge is 0.135 e. The zero-order chi connectivity index (χ0) is 7.56. The summed E-state index contributed by atoms with van der Waals surface area (Å²) >= 11 is 1.51. The Labute approximate surface area is 64.1 Å². The number of aliphatic hydroxyl groups is 1. The molecule has 0 bridgehead atoms. The van der Waals surface area contributed by atoms with Crippen molar-refractivity contribution in [1.82, 2.24) is 0 Å². The third-order valence-corrected chi connectivity index (χ3v) is 2.33. The molecule has 0 aromatic carbocycles. The van der Waals surface area contributed by atoms with Crippen LogP contribution >= 0.6 is 11.3 Å². The Morgan fingerprint density at radius 1 is 1.70 bits per heavy atom. The van der Waals surface area contributed by atoms with Gasteiger partial charge < -0.3 is 9.84 Å². The minimum Gasteiger partial charge on any atom is -0.495 e. The van der Waals surface area contributed by atoms with Crippen LogP contribution in [0.5, 0.6) is 5.75 Å². The lowest BCUT2D eigenvalue weighted by atomic mass is 10.3. The van der Waals surface area contributed by atoms with Gasteiger partial charge in [-0.3, -0.25) is 0 Å². The highest BCUT2D eigenvalue weighted by atomic mass is 32.1. The van der Waals surface area contributed by atoms with Crippen LogP contribution in [0.2, 0.25) is 0 Å².